The number of ether oxygens (including phenoxy) is 3. The molecule has 1 saturated carbocycles. The summed E-state index contributed by atoms with van der Waals surface area (Å²) < 4.78 is 15.7. The first-order valence-corrected chi connectivity index (χ1v) is 13.3. The first-order valence-electron chi connectivity index (χ1n) is 13.3. The molecule has 1 aliphatic carbocycles. The SMILES string of the molecule is CCOC(=O)NC(=N)N1CCOC(CNC(=O)C(N)[C@H](C(=O)OCc2ccccc2)C(=O)N(CC(=O)O)C2CC2)C1. The van der Waals surface area contributed by atoms with E-state index in [1.165, 1.54) is 4.90 Å². The zero-order valence-electron chi connectivity index (χ0n) is 22.7. The average molecular weight is 577 g/mol. The van der Waals surface area contributed by atoms with E-state index < -0.39 is 54.5 Å². The molecule has 1 heterocycles. The number of morpholine rings is 1. The van der Waals surface area contributed by atoms with Crippen LogP contribution >= 0.6 is 0 Å². The maximum Gasteiger partial charge on any atom is 0.413 e. The first-order chi connectivity index (χ1) is 19.6. The summed E-state index contributed by atoms with van der Waals surface area (Å²) in [5.41, 5.74) is 6.79. The summed E-state index contributed by atoms with van der Waals surface area (Å²) in [6, 6.07) is 6.67. The molecule has 0 bridgehead atoms. The Morgan fingerprint density at radius 3 is 2.54 bits per heavy atom. The zero-order chi connectivity index (χ0) is 29.9. The van der Waals surface area contributed by atoms with Crippen molar-refractivity contribution in [2.24, 2.45) is 11.7 Å². The van der Waals surface area contributed by atoms with Crippen molar-refractivity contribution >= 4 is 35.8 Å². The fraction of sp³-hybridized carbons (Fsp3) is 0.538. The van der Waals surface area contributed by atoms with Gasteiger partial charge in [-0.3, -0.25) is 29.9 Å². The van der Waals surface area contributed by atoms with Gasteiger partial charge in [0.15, 0.2) is 5.92 Å². The van der Waals surface area contributed by atoms with Gasteiger partial charge < -0.3 is 40.2 Å². The van der Waals surface area contributed by atoms with E-state index in [9.17, 15) is 29.1 Å². The lowest BCUT2D eigenvalue weighted by Gasteiger charge is -2.34. The van der Waals surface area contributed by atoms with E-state index in [4.69, 9.17) is 25.4 Å². The minimum absolute atomic E-state index is 0.0723. The van der Waals surface area contributed by atoms with E-state index in [1.54, 1.807) is 37.3 Å². The van der Waals surface area contributed by atoms with Crippen molar-refractivity contribution in [3.63, 3.8) is 0 Å². The summed E-state index contributed by atoms with van der Waals surface area (Å²) in [5, 5.41) is 22.2. The van der Waals surface area contributed by atoms with Crippen molar-refractivity contribution in [3.8, 4) is 0 Å². The minimum Gasteiger partial charge on any atom is -0.480 e. The zero-order valence-corrected chi connectivity index (χ0v) is 22.7. The third-order valence-corrected chi connectivity index (χ3v) is 6.44. The standard InChI is InChI=1S/C26H36N6O9/c1-2-39-26(38)30-25(28)31-10-11-40-18(13-31)12-29-22(35)21(27)20(23(36)32(14-19(33)34)17-8-9-17)24(37)41-15-16-6-4-3-5-7-16/h3-7,17-18,20-21H,2,8-15,27H2,1H3,(H,29,35)(H,33,34)(H2,28,30,38)/t18?,20-,21?/m0/s1. The Bertz CT molecular complexity index is 1110. The molecular formula is C26H36N6O9. The molecule has 41 heavy (non-hydrogen) atoms. The molecule has 2 unspecified atom stereocenters. The third-order valence-electron chi connectivity index (χ3n) is 6.44. The van der Waals surface area contributed by atoms with Gasteiger partial charge in [0.2, 0.25) is 17.8 Å². The Kier molecular flexibility index (Phi) is 11.4. The molecule has 3 rings (SSSR count). The topological polar surface area (TPSA) is 214 Å². The van der Waals surface area contributed by atoms with Crippen LogP contribution in [-0.4, -0.2) is 108 Å². The molecule has 1 aromatic carbocycles. The molecule has 15 heteroatoms. The number of alkyl carbamates (subject to hydrolysis) is 1. The molecule has 0 radical (unpaired) electrons. The molecule has 1 saturated heterocycles. The van der Waals surface area contributed by atoms with E-state index in [0.717, 1.165) is 4.90 Å². The molecule has 3 atom stereocenters. The number of carbonyl (C=O) groups is 5. The number of hydrogen-bond donors (Lipinski definition) is 5. The highest BCUT2D eigenvalue weighted by Gasteiger charge is 2.45. The number of carbonyl (C=O) groups excluding carboxylic acids is 4. The smallest absolute Gasteiger partial charge is 0.413 e. The molecule has 6 N–H and O–H groups in total. The number of nitrogens with two attached hydrogens (primary N) is 1. The molecule has 0 spiro atoms. The summed E-state index contributed by atoms with van der Waals surface area (Å²) in [6.07, 6.45) is -0.222. The van der Waals surface area contributed by atoms with E-state index in [-0.39, 0.29) is 44.9 Å². The van der Waals surface area contributed by atoms with Crippen molar-refractivity contribution in [3.05, 3.63) is 35.9 Å². The van der Waals surface area contributed by atoms with Crippen LogP contribution in [0.25, 0.3) is 0 Å². The summed E-state index contributed by atoms with van der Waals surface area (Å²) >= 11 is 0. The van der Waals surface area contributed by atoms with Crippen molar-refractivity contribution in [1.82, 2.24) is 20.4 Å². The van der Waals surface area contributed by atoms with Crippen molar-refractivity contribution in [2.75, 3.05) is 39.4 Å². The summed E-state index contributed by atoms with van der Waals surface area (Å²) in [6.45, 7) is 1.58. The Morgan fingerprint density at radius 1 is 1.20 bits per heavy atom. The number of amides is 3. The lowest BCUT2D eigenvalue weighted by Crippen LogP contribution is -2.58. The van der Waals surface area contributed by atoms with Gasteiger partial charge in [-0.2, -0.15) is 0 Å². The van der Waals surface area contributed by atoms with E-state index in [0.29, 0.717) is 24.9 Å². The largest absolute Gasteiger partial charge is 0.480 e. The van der Waals surface area contributed by atoms with Crippen LogP contribution in [0.4, 0.5) is 4.79 Å². The lowest BCUT2D eigenvalue weighted by atomic mass is 9.97. The van der Waals surface area contributed by atoms with Crippen LogP contribution in [-0.2, 0) is 40.0 Å². The Labute approximate surface area is 236 Å². The van der Waals surface area contributed by atoms with Crippen LogP contribution in [0.5, 0.6) is 0 Å². The van der Waals surface area contributed by atoms with Gasteiger partial charge in [-0.25, -0.2) is 4.79 Å². The molecule has 15 nitrogen and oxygen atoms in total. The van der Waals surface area contributed by atoms with Gasteiger partial charge in [-0.1, -0.05) is 30.3 Å². The lowest BCUT2D eigenvalue weighted by molar-refractivity contribution is -0.161. The molecule has 3 amide bonds. The van der Waals surface area contributed by atoms with Crippen LogP contribution < -0.4 is 16.4 Å². The third kappa shape index (κ3) is 9.42. The van der Waals surface area contributed by atoms with E-state index in [1.807, 2.05) is 0 Å². The van der Waals surface area contributed by atoms with Crippen LogP contribution in [0.3, 0.4) is 0 Å². The van der Waals surface area contributed by atoms with Gasteiger partial charge in [0, 0.05) is 25.7 Å². The van der Waals surface area contributed by atoms with Crippen molar-refractivity contribution in [2.45, 2.75) is 44.6 Å². The average Bonchev–Trinajstić information content (AvgIpc) is 3.79. The Hall–Kier alpha value is -4.24. The molecular weight excluding hydrogens is 540 g/mol. The molecule has 2 fully saturated rings. The van der Waals surface area contributed by atoms with Crippen LogP contribution in [0, 0.1) is 11.3 Å². The minimum atomic E-state index is -1.77. The number of rotatable bonds is 12. The van der Waals surface area contributed by atoms with Gasteiger partial charge in [0.1, 0.15) is 19.2 Å². The van der Waals surface area contributed by atoms with Gasteiger partial charge in [-0.15, -0.1) is 0 Å². The number of hydrogen-bond acceptors (Lipinski definition) is 10. The van der Waals surface area contributed by atoms with Crippen LogP contribution in [0.2, 0.25) is 0 Å². The molecule has 2 aliphatic rings. The number of benzene rings is 1. The van der Waals surface area contributed by atoms with Crippen LogP contribution in [0.1, 0.15) is 25.3 Å². The maximum atomic E-state index is 13.4. The normalized spacial score (nSPS) is 17.9. The Balaban J connectivity index is 1.65. The molecule has 0 aromatic heterocycles. The first kappa shape index (κ1) is 31.3. The van der Waals surface area contributed by atoms with Gasteiger partial charge >= 0.3 is 18.0 Å². The summed E-state index contributed by atoms with van der Waals surface area (Å²) in [5.74, 6) is -6.01. The van der Waals surface area contributed by atoms with Crippen LogP contribution in [0.15, 0.2) is 30.3 Å². The van der Waals surface area contributed by atoms with E-state index >= 15 is 0 Å². The highest BCUT2D eigenvalue weighted by atomic mass is 16.5. The highest BCUT2D eigenvalue weighted by Crippen LogP contribution is 2.29. The molecule has 1 aromatic rings. The maximum absolute atomic E-state index is 13.4. The summed E-state index contributed by atoms with van der Waals surface area (Å²) in [4.78, 5) is 65.2. The number of guanidine groups is 1. The second-order valence-electron chi connectivity index (χ2n) is 9.57. The summed E-state index contributed by atoms with van der Waals surface area (Å²) in [7, 11) is 0. The van der Waals surface area contributed by atoms with Gasteiger partial charge in [-0.05, 0) is 25.3 Å². The second-order valence-corrected chi connectivity index (χ2v) is 9.57. The predicted molar refractivity (Wildman–Crippen MR) is 142 cm³/mol. The van der Waals surface area contributed by atoms with Gasteiger partial charge in [0.25, 0.3) is 0 Å². The number of carboxylic acid groups (broad SMARTS) is 1. The van der Waals surface area contributed by atoms with Gasteiger partial charge in [0.05, 0.1) is 19.3 Å². The number of nitrogens with one attached hydrogen (secondary N) is 3. The number of esters is 1. The monoisotopic (exact) mass is 576 g/mol. The van der Waals surface area contributed by atoms with Crippen molar-refractivity contribution in [1.29, 1.82) is 5.41 Å². The Morgan fingerprint density at radius 2 is 1.90 bits per heavy atom. The fourth-order valence-corrected chi connectivity index (χ4v) is 4.19. The number of aliphatic carboxylic acids is 1. The van der Waals surface area contributed by atoms with E-state index in [2.05, 4.69) is 10.6 Å². The molecule has 1 aliphatic heterocycles. The highest BCUT2D eigenvalue weighted by molar-refractivity contribution is 6.04. The fourth-order valence-electron chi connectivity index (χ4n) is 4.19. The second kappa shape index (κ2) is 14.9. The van der Waals surface area contributed by atoms with Crippen molar-refractivity contribution < 1.29 is 43.3 Å². The number of carboxylic acids is 1. The predicted octanol–water partition coefficient (Wildman–Crippen LogP) is -0.753. The molecule has 224 valence electrons. The quantitative estimate of drug-likeness (QED) is 0.0903. The number of nitrogens with zero attached hydrogens (tertiary/aromatic N) is 2.